The Kier molecular flexibility index (Phi) is 3.48. The van der Waals surface area contributed by atoms with Crippen LogP contribution in [0.4, 0.5) is 5.69 Å². The van der Waals surface area contributed by atoms with E-state index in [9.17, 15) is 4.79 Å². The third-order valence-corrected chi connectivity index (χ3v) is 1.73. The fraction of sp³-hybridized carbons (Fsp3) is 0.300. The van der Waals surface area contributed by atoms with Crippen LogP contribution in [-0.4, -0.2) is 24.8 Å². The molecular weight excluding hydrogens is 182 g/mol. The Bertz CT molecular complexity index is 323. The molecule has 4 nitrogen and oxygen atoms in total. The lowest BCUT2D eigenvalue weighted by molar-refractivity contribution is 0.0526. The lowest BCUT2D eigenvalue weighted by Crippen LogP contribution is -2.11. The molecule has 0 atom stereocenters. The van der Waals surface area contributed by atoms with Crippen LogP contribution >= 0.6 is 0 Å². The van der Waals surface area contributed by atoms with Crippen LogP contribution in [0.5, 0.6) is 0 Å². The monoisotopic (exact) mass is 195 g/mol. The number of carbonyl (C=O) groups excluding carboxylic acids is 1. The largest absolute Gasteiger partial charge is 0.462 e. The van der Waals surface area contributed by atoms with E-state index in [0.29, 0.717) is 17.9 Å². The van der Waals surface area contributed by atoms with Gasteiger partial charge in [-0.1, -0.05) is 6.07 Å². The van der Waals surface area contributed by atoms with Crippen LogP contribution in [0.15, 0.2) is 24.3 Å². The molecule has 0 aliphatic carbocycles. The van der Waals surface area contributed by atoms with E-state index in [1.807, 2.05) is 0 Å². The van der Waals surface area contributed by atoms with Gasteiger partial charge in [-0.3, -0.25) is 10.3 Å². The molecule has 0 radical (unpaired) electrons. The number of rotatable bonds is 3. The van der Waals surface area contributed by atoms with Crippen molar-refractivity contribution in [1.29, 1.82) is 0 Å². The molecule has 0 aliphatic rings. The number of nitrogens with zero attached hydrogens (tertiary/aromatic N) is 1. The van der Waals surface area contributed by atoms with Crippen LogP contribution in [-0.2, 0) is 4.74 Å². The molecular formula is C10H13NO3. The van der Waals surface area contributed by atoms with E-state index in [4.69, 9.17) is 9.94 Å². The summed E-state index contributed by atoms with van der Waals surface area (Å²) in [6, 6.07) is 6.60. The van der Waals surface area contributed by atoms with E-state index in [2.05, 4.69) is 0 Å². The summed E-state index contributed by atoms with van der Waals surface area (Å²) in [5.74, 6) is -0.379. The lowest BCUT2D eigenvalue weighted by atomic mass is 10.2. The highest BCUT2D eigenvalue weighted by Gasteiger charge is 2.07. The highest BCUT2D eigenvalue weighted by atomic mass is 16.5. The van der Waals surface area contributed by atoms with Gasteiger partial charge in [-0.15, -0.1) is 0 Å². The third-order valence-electron chi connectivity index (χ3n) is 1.73. The van der Waals surface area contributed by atoms with Crippen molar-refractivity contribution in [2.45, 2.75) is 6.92 Å². The zero-order chi connectivity index (χ0) is 10.6. The van der Waals surface area contributed by atoms with Crippen LogP contribution < -0.4 is 5.06 Å². The molecule has 0 fully saturated rings. The Morgan fingerprint density at radius 2 is 2.29 bits per heavy atom. The van der Waals surface area contributed by atoms with Gasteiger partial charge in [-0.05, 0) is 25.1 Å². The molecule has 76 valence electrons. The molecule has 0 aromatic heterocycles. The number of esters is 1. The van der Waals surface area contributed by atoms with Crippen molar-refractivity contribution in [3.8, 4) is 0 Å². The minimum Gasteiger partial charge on any atom is -0.462 e. The first kappa shape index (κ1) is 10.5. The molecule has 0 aliphatic heterocycles. The third kappa shape index (κ3) is 2.47. The number of anilines is 1. The van der Waals surface area contributed by atoms with Crippen molar-refractivity contribution in [2.75, 3.05) is 18.7 Å². The fourth-order valence-electron chi connectivity index (χ4n) is 1.05. The van der Waals surface area contributed by atoms with Gasteiger partial charge in [-0.25, -0.2) is 4.79 Å². The van der Waals surface area contributed by atoms with Crippen molar-refractivity contribution < 1.29 is 14.7 Å². The van der Waals surface area contributed by atoms with Crippen molar-refractivity contribution in [3.05, 3.63) is 29.8 Å². The van der Waals surface area contributed by atoms with Crippen LogP contribution in [0.25, 0.3) is 0 Å². The van der Waals surface area contributed by atoms with E-state index in [1.54, 1.807) is 31.2 Å². The SMILES string of the molecule is CCOC(=O)c1cccc(N(C)O)c1. The fourth-order valence-corrected chi connectivity index (χ4v) is 1.05. The second-order valence-corrected chi connectivity index (χ2v) is 2.79. The van der Waals surface area contributed by atoms with Gasteiger partial charge in [0.2, 0.25) is 0 Å². The summed E-state index contributed by atoms with van der Waals surface area (Å²) in [6.07, 6.45) is 0. The highest BCUT2D eigenvalue weighted by Crippen LogP contribution is 2.13. The van der Waals surface area contributed by atoms with E-state index in [1.165, 1.54) is 7.05 Å². The Morgan fingerprint density at radius 1 is 1.57 bits per heavy atom. The first-order valence-corrected chi connectivity index (χ1v) is 4.35. The van der Waals surface area contributed by atoms with Crippen LogP contribution in [0.3, 0.4) is 0 Å². The summed E-state index contributed by atoms with van der Waals surface area (Å²) < 4.78 is 4.82. The molecule has 1 aromatic rings. The second-order valence-electron chi connectivity index (χ2n) is 2.79. The van der Waals surface area contributed by atoms with Gasteiger partial charge in [-0.2, -0.15) is 0 Å². The lowest BCUT2D eigenvalue weighted by Gasteiger charge is -2.10. The van der Waals surface area contributed by atoms with Crippen molar-refractivity contribution in [1.82, 2.24) is 0 Å². The zero-order valence-electron chi connectivity index (χ0n) is 8.23. The minimum absolute atomic E-state index is 0.345. The predicted octanol–water partition coefficient (Wildman–Crippen LogP) is 1.69. The number of hydrogen-bond acceptors (Lipinski definition) is 4. The summed E-state index contributed by atoms with van der Waals surface area (Å²) in [5, 5.41) is 10.1. The molecule has 0 heterocycles. The molecule has 0 saturated carbocycles. The second kappa shape index (κ2) is 4.62. The maximum atomic E-state index is 11.3. The maximum Gasteiger partial charge on any atom is 0.338 e. The van der Waals surface area contributed by atoms with Crippen molar-refractivity contribution in [3.63, 3.8) is 0 Å². The van der Waals surface area contributed by atoms with Gasteiger partial charge < -0.3 is 4.74 Å². The maximum absolute atomic E-state index is 11.3. The molecule has 0 saturated heterocycles. The molecule has 1 rings (SSSR count). The normalized spacial score (nSPS) is 9.64. The average molecular weight is 195 g/mol. The summed E-state index contributed by atoms with van der Waals surface area (Å²) in [7, 11) is 1.49. The Hall–Kier alpha value is -1.55. The van der Waals surface area contributed by atoms with E-state index < -0.39 is 0 Å². The van der Waals surface area contributed by atoms with Gasteiger partial charge >= 0.3 is 5.97 Å². The van der Waals surface area contributed by atoms with Gasteiger partial charge in [0, 0.05) is 7.05 Å². The Labute approximate surface area is 82.7 Å². The van der Waals surface area contributed by atoms with E-state index in [-0.39, 0.29) is 5.97 Å². The molecule has 1 N–H and O–H groups in total. The highest BCUT2D eigenvalue weighted by molar-refractivity contribution is 5.90. The van der Waals surface area contributed by atoms with Crippen LogP contribution in [0.1, 0.15) is 17.3 Å². The Morgan fingerprint density at radius 3 is 2.86 bits per heavy atom. The van der Waals surface area contributed by atoms with Gasteiger partial charge in [0.25, 0.3) is 0 Å². The summed E-state index contributed by atoms with van der Waals surface area (Å²) >= 11 is 0. The average Bonchev–Trinajstić information content (AvgIpc) is 2.18. The zero-order valence-corrected chi connectivity index (χ0v) is 8.23. The summed E-state index contributed by atoms with van der Waals surface area (Å²) in [5.41, 5.74) is 0.987. The molecule has 0 bridgehead atoms. The minimum atomic E-state index is -0.379. The molecule has 0 amide bonds. The number of ether oxygens (including phenoxy) is 1. The standard InChI is InChI=1S/C10H13NO3/c1-3-14-10(12)8-5-4-6-9(7-8)11(2)13/h4-7,13H,3H2,1-2H3. The number of hydroxylamine groups is 1. The van der Waals surface area contributed by atoms with E-state index in [0.717, 1.165) is 5.06 Å². The summed E-state index contributed by atoms with van der Waals surface area (Å²) in [4.78, 5) is 11.3. The van der Waals surface area contributed by atoms with Gasteiger partial charge in [0.15, 0.2) is 0 Å². The van der Waals surface area contributed by atoms with Crippen molar-refractivity contribution >= 4 is 11.7 Å². The summed E-state index contributed by atoms with van der Waals surface area (Å²) in [6.45, 7) is 2.10. The van der Waals surface area contributed by atoms with Crippen LogP contribution in [0.2, 0.25) is 0 Å². The molecule has 14 heavy (non-hydrogen) atoms. The quantitative estimate of drug-likeness (QED) is 0.589. The smallest absolute Gasteiger partial charge is 0.338 e. The van der Waals surface area contributed by atoms with Gasteiger partial charge in [0.1, 0.15) is 0 Å². The van der Waals surface area contributed by atoms with Crippen molar-refractivity contribution in [2.24, 2.45) is 0 Å². The topological polar surface area (TPSA) is 49.8 Å². The first-order chi connectivity index (χ1) is 6.65. The number of carbonyl (C=O) groups is 1. The van der Waals surface area contributed by atoms with E-state index >= 15 is 0 Å². The predicted molar refractivity (Wildman–Crippen MR) is 52.6 cm³/mol. The first-order valence-electron chi connectivity index (χ1n) is 4.35. The molecule has 4 heteroatoms. The molecule has 1 aromatic carbocycles. The Balaban J connectivity index is 2.88. The van der Waals surface area contributed by atoms with Crippen LogP contribution in [0, 0.1) is 0 Å². The van der Waals surface area contributed by atoms with Gasteiger partial charge in [0.05, 0.1) is 17.9 Å². The molecule has 0 unspecified atom stereocenters. The number of hydrogen-bond donors (Lipinski definition) is 1. The molecule has 0 spiro atoms. The number of benzene rings is 1.